The van der Waals surface area contributed by atoms with Crippen molar-refractivity contribution >= 4 is 33.6 Å². The molecular weight excluding hydrogens is 330 g/mol. The van der Waals surface area contributed by atoms with Crippen LogP contribution in [0.4, 0.5) is 5.69 Å². The number of carbonyl (C=O) groups excluding carboxylic acids is 1. The molecule has 0 aliphatic heterocycles. The lowest BCUT2D eigenvalue weighted by Gasteiger charge is -2.10. The van der Waals surface area contributed by atoms with E-state index in [1.165, 1.54) is 0 Å². The zero-order valence-corrected chi connectivity index (χ0v) is 14.8. The highest BCUT2D eigenvalue weighted by Crippen LogP contribution is 2.26. The number of rotatable bonds is 3. The van der Waals surface area contributed by atoms with Gasteiger partial charge in [-0.3, -0.25) is 13.9 Å². The highest BCUT2D eigenvalue weighted by atomic mass is 16.3. The van der Waals surface area contributed by atoms with E-state index in [4.69, 9.17) is 4.42 Å². The van der Waals surface area contributed by atoms with E-state index in [0.29, 0.717) is 11.4 Å². The number of nitrogens with one attached hydrogen (secondary N) is 1. The van der Waals surface area contributed by atoms with Gasteiger partial charge in [0.2, 0.25) is 5.91 Å². The van der Waals surface area contributed by atoms with Crippen molar-refractivity contribution in [3.05, 3.63) is 64.8 Å². The third kappa shape index (κ3) is 2.50. The fourth-order valence-electron chi connectivity index (χ4n) is 3.18. The van der Waals surface area contributed by atoms with Crippen molar-refractivity contribution in [2.24, 2.45) is 14.1 Å². The van der Waals surface area contributed by atoms with Crippen molar-refractivity contribution in [1.29, 1.82) is 0 Å². The van der Waals surface area contributed by atoms with Gasteiger partial charge >= 0.3 is 5.69 Å². The van der Waals surface area contributed by atoms with Crippen molar-refractivity contribution in [1.82, 2.24) is 9.13 Å². The van der Waals surface area contributed by atoms with Gasteiger partial charge in [0.25, 0.3) is 0 Å². The van der Waals surface area contributed by atoms with E-state index < -0.39 is 5.92 Å². The van der Waals surface area contributed by atoms with Gasteiger partial charge < -0.3 is 9.73 Å². The van der Waals surface area contributed by atoms with Crippen LogP contribution in [-0.4, -0.2) is 15.0 Å². The molecule has 1 atom stereocenters. The predicted octanol–water partition coefficient (Wildman–Crippen LogP) is 3.37. The van der Waals surface area contributed by atoms with E-state index >= 15 is 0 Å². The molecule has 132 valence electrons. The second-order valence-corrected chi connectivity index (χ2v) is 6.50. The molecule has 2 aromatic heterocycles. The number of benzene rings is 2. The Bertz CT molecular complexity index is 1160. The lowest BCUT2D eigenvalue weighted by Crippen LogP contribution is -2.19. The van der Waals surface area contributed by atoms with Crippen LogP contribution in [0, 0.1) is 0 Å². The second kappa shape index (κ2) is 5.91. The van der Waals surface area contributed by atoms with Crippen LogP contribution in [0.2, 0.25) is 0 Å². The molecule has 2 heterocycles. The van der Waals surface area contributed by atoms with E-state index in [-0.39, 0.29) is 11.6 Å². The molecule has 0 saturated heterocycles. The zero-order valence-electron chi connectivity index (χ0n) is 14.8. The topological polar surface area (TPSA) is 69.2 Å². The molecule has 0 fully saturated rings. The number of imidazole rings is 1. The Balaban J connectivity index is 1.62. The number of fused-ring (bicyclic) bond motifs is 2. The molecule has 0 radical (unpaired) electrons. The van der Waals surface area contributed by atoms with Gasteiger partial charge in [-0.15, -0.1) is 0 Å². The van der Waals surface area contributed by atoms with Crippen LogP contribution in [-0.2, 0) is 18.9 Å². The van der Waals surface area contributed by atoms with Crippen LogP contribution in [0.15, 0.2) is 57.7 Å². The lowest BCUT2D eigenvalue weighted by molar-refractivity contribution is -0.117. The Morgan fingerprint density at radius 1 is 1.04 bits per heavy atom. The standard InChI is InChI=1S/C20H19N3O3/c1-12(18-10-13-6-4-5-7-17(13)26-18)19(24)21-14-8-9-15-16(11-14)23(3)20(25)22(15)2/h4-12H,1-3H3,(H,21,24)/t12-/m1/s1. The molecule has 1 amide bonds. The molecule has 4 aromatic rings. The van der Waals surface area contributed by atoms with Crippen LogP contribution in [0.5, 0.6) is 0 Å². The molecule has 1 N–H and O–H groups in total. The van der Waals surface area contributed by atoms with Crippen LogP contribution in [0.1, 0.15) is 18.6 Å². The number of hydrogen-bond donors (Lipinski definition) is 1. The number of amides is 1. The van der Waals surface area contributed by atoms with Crippen molar-refractivity contribution in [2.45, 2.75) is 12.8 Å². The summed E-state index contributed by atoms with van der Waals surface area (Å²) in [5.74, 6) is 0.0268. The number of anilines is 1. The summed E-state index contributed by atoms with van der Waals surface area (Å²) in [6, 6.07) is 15.0. The van der Waals surface area contributed by atoms with Gasteiger partial charge in [0, 0.05) is 25.2 Å². The van der Waals surface area contributed by atoms with Crippen molar-refractivity contribution in [3.63, 3.8) is 0 Å². The summed E-state index contributed by atoms with van der Waals surface area (Å²) in [7, 11) is 3.44. The van der Waals surface area contributed by atoms with Crippen molar-refractivity contribution in [3.8, 4) is 0 Å². The third-order valence-corrected chi connectivity index (χ3v) is 4.80. The fraction of sp³-hybridized carbons (Fsp3) is 0.200. The maximum Gasteiger partial charge on any atom is 0.328 e. The first-order valence-corrected chi connectivity index (χ1v) is 8.40. The molecule has 26 heavy (non-hydrogen) atoms. The summed E-state index contributed by atoms with van der Waals surface area (Å²) in [6.45, 7) is 1.81. The third-order valence-electron chi connectivity index (χ3n) is 4.80. The molecule has 2 aromatic carbocycles. The summed E-state index contributed by atoms with van der Waals surface area (Å²) in [6.07, 6.45) is 0. The number of aromatic nitrogens is 2. The van der Waals surface area contributed by atoms with Gasteiger partial charge in [0.1, 0.15) is 11.3 Å². The number of para-hydroxylation sites is 1. The molecule has 0 bridgehead atoms. The van der Waals surface area contributed by atoms with Crippen molar-refractivity contribution in [2.75, 3.05) is 5.32 Å². The first kappa shape index (κ1) is 16.2. The molecule has 6 heteroatoms. The molecule has 0 aliphatic rings. The van der Waals surface area contributed by atoms with E-state index in [0.717, 1.165) is 22.0 Å². The van der Waals surface area contributed by atoms with Gasteiger partial charge in [-0.25, -0.2) is 4.79 Å². The summed E-state index contributed by atoms with van der Waals surface area (Å²) < 4.78 is 8.93. The summed E-state index contributed by atoms with van der Waals surface area (Å²) in [5.41, 5.74) is 2.90. The number of nitrogens with zero attached hydrogens (tertiary/aromatic N) is 2. The molecule has 6 nitrogen and oxygen atoms in total. The minimum absolute atomic E-state index is 0.0980. The maximum absolute atomic E-state index is 12.6. The molecule has 4 rings (SSSR count). The Morgan fingerprint density at radius 2 is 1.77 bits per heavy atom. The van der Waals surface area contributed by atoms with Gasteiger partial charge in [0.15, 0.2) is 0 Å². The van der Waals surface area contributed by atoms with Gasteiger partial charge in [0.05, 0.1) is 17.0 Å². The number of hydrogen-bond acceptors (Lipinski definition) is 3. The van der Waals surface area contributed by atoms with Crippen LogP contribution >= 0.6 is 0 Å². The summed E-state index contributed by atoms with van der Waals surface area (Å²) in [5, 5.41) is 3.88. The van der Waals surface area contributed by atoms with E-state index in [1.54, 1.807) is 35.4 Å². The number of carbonyl (C=O) groups is 1. The van der Waals surface area contributed by atoms with Gasteiger partial charge in [-0.1, -0.05) is 18.2 Å². The Morgan fingerprint density at radius 3 is 2.54 bits per heavy atom. The quantitative estimate of drug-likeness (QED) is 0.616. The average molecular weight is 349 g/mol. The normalized spacial score (nSPS) is 12.6. The number of aryl methyl sites for hydroxylation is 2. The van der Waals surface area contributed by atoms with E-state index in [9.17, 15) is 9.59 Å². The van der Waals surface area contributed by atoms with Crippen molar-refractivity contribution < 1.29 is 9.21 Å². The molecular formula is C20H19N3O3. The summed E-state index contributed by atoms with van der Waals surface area (Å²) >= 11 is 0. The van der Waals surface area contributed by atoms with Crippen LogP contribution in [0.3, 0.4) is 0 Å². The highest BCUT2D eigenvalue weighted by Gasteiger charge is 2.20. The van der Waals surface area contributed by atoms with Crippen LogP contribution < -0.4 is 11.0 Å². The number of furan rings is 1. The Labute approximate surface area is 149 Å². The van der Waals surface area contributed by atoms with Gasteiger partial charge in [-0.05, 0) is 37.3 Å². The first-order valence-electron chi connectivity index (χ1n) is 8.40. The minimum atomic E-state index is -0.433. The monoisotopic (exact) mass is 349 g/mol. The maximum atomic E-state index is 12.6. The minimum Gasteiger partial charge on any atom is -0.460 e. The average Bonchev–Trinajstić information content (AvgIpc) is 3.17. The first-order chi connectivity index (χ1) is 12.5. The van der Waals surface area contributed by atoms with E-state index in [1.807, 2.05) is 43.3 Å². The summed E-state index contributed by atoms with van der Waals surface area (Å²) in [4.78, 5) is 24.7. The molecule has 0 unspecified atom stereocenters. The van der Waals surface area contributed by atoms with Gasteiger partial charge in [-0.2, -0.15) is 0 Å². The molecule has 0 saturated carbocycles. The zero-order chi connectivity index (χ0) is 18.4. The Kier molecular flexibility index (Phi) is 3.68. The second-order valence-electron chi connectivity index (χ2n) is 6.50. The predicted molar refractivity (Wildman–Crippen MR) is 101 cm³/mol. The fourth-order valence-corrected chi connectivity index (χ4v) is 3.18. The largest absolute Gasteiger partial charge is 0.460 e. The molecule has 0 aliphatic carbocycles. The smallest absolute Gasteiger partial charge is 0.328 e. The van der Waals surface area contributed by atoms with Crippen LogP contribution in [0.25, 0.3) is 22.0 Å². The highest BCUT2D eigenvalue weighted by molar-refractivity contribution is 5.97. The molecule has 0 spiro atoms. The van der Waals surface area contributed by atoms with E-state index in [2.05, 4.69) is 5.32 Å². The lowest BCUT2D eigenvalue weighted by atomic mass is 10.1. The SMILES string of the molecule is C[C@@H](C(=O)Nc1ccc2c(c1)n(C)c(=O)n2C)c1cc2ccccc2o1. The Hall–Kier alpha value is -3.28.